The highest BCUT2D eigenvalue weighted by Crippen LogP contribution is 2.40. The van der Waals surface area contributed by atoms with Crippen molar-refractivity contribution in [3.8, 4) is 0 Å². The molecule has 1 fully saturated rings. The van der Waals surface area contributed by atoms with E-state index in [-0.39, 0.29) is 11.9 Å². The smallest absolute Gasteiger partial charge is 0.124 e. The Hall–Kier alpha value is -0.600. The molecular weight excluding hydrogens is 249 g/mol. The van der Waals surface area contributed by atoms with Crippen molar-refractivity contribution in [2.75, 3.05) is 0 Å². The number of halogens is 2. The lowest BCUT2D eigenvalue weighted by Crippen LogP contribution is -2.29. The average molecular weight is 270 g/mol. The molecule has 3 atom stereocenters. The van der Waals surface area contributed by atoms with Crippen molar-refractivity contribution in [2.24, 2.45) is 23.5 Å². The van der Waals surface area contributed by atoms with Crippen LogP contribution in [0.2, 0.25) is 5.02 Å². The molecule has 0 saturated heterocycles. The summed E-state index contributed by atoms with van der Waals surface area (Å²) in [5.41, 5.74) is 7.22. The third-order valence-electron chi connectivity index (χ3n) is 4.04. The van der Waals surface area contributed by atoms with Crippen LogP contribution in [-0.4, -0.2) is 0 Å². The van der Waals surface area contributed by atoms with Crippen molar-refractivity contribution in [3.05, 3.63) is 34.6 Å². The van der Waals surface area contributed by atoms with Gasteiger partial charge in [0.25, 0.3) is 0 Å². The van der Waals surface area contributed by atoms with E-state index >= 15 is 0 Å². The quantitative estimate of drug-likeness (QED) is 0.837. The van der Waals surface area contributed by atoms with Gasteiger partial charge >= 0.3 is 0 Å². The maximum Gasteiger partial charge on any atom is 0.124 e. The first kappa shape index (κ1) is 13.8. The Balaban J connectivity index is 2.17. The average Bonchev–Trinajstić information content (AvgIpc) is 2.26. The van der Waals surface area contributed by atoms with Crippen LogP contribution in [0, 0.1) is 23.6 Å². The monoisotopic (exact) mass is 269 g/mol. The molecule has 2 rings (SSSR count). The van der Waals surface area contributed by atoms with Crippen molar-refractivity contribution in [1.82, 2.24) is 0 Å². The topological polar surface area (TPSA) is 26.0 Å². The molecule has 1 aliphatic rings. The third kappa shape index (κ3) is 3.04. The van der Waals surface area contributed by atoms with E-state index in [2.05, 4.69) is 13.8 Å². The fourth-order valence-electron chi connectivity index (χ4n) is 3.33. The Kier molecular flexibility index (Phi) is 4.29. The van der Waals surface area contributed by atoms with Gasteiger partial charge in [0.05, 0.1) is 0 Å². The summed E-state index contributed by atoms with van der Waals surface area (Å²) in [4.78, 5) is 0. The normalized spacial score (nSPS) is 30.2. The molecule has 0 radical (unpaired) electrons. The van der Waals surface area contributed by atoms with E-state index in [4.69, 9.17) is 17.3 Å². The van der Waals surface area contributed by atoms with Gasteiger partial charge in [0.1, 0.15) is 5.82 Å². The van der Waals surface area contributed by atoms with Crippen LogP contribution in [0.25, 0.3) is 0 Å². The Labute approximate surface area is 114 Å². The second-order valence-corrected chi connectivity index (χ2v) is 6.28. The fraction of sp³-hybridized carbons (Fsp3) is 0.600. The van der Waals surface area contributed by atoms with Crippen molar-refractivity contribution in [1.29, 1.82) is 0 Å². The van der Waals surface area contributed by atoms with Crippen LogP contribution < -0.4 is 5.73 Å². The molecule has 1 aromatic carbocycles. The molecule has 0 amide bonds. The van der Waals surface area contributed by atoms with E-state index in [1.165, 1.54) is 18.6 Å². The summed E-state index contributed by atoms with van der Waals surface area (Å²) in [7, 11) is 0. The SMILES string of the molecule is CC1CC(C)CC(C(N)c2ccc(F)cc2Cl)C1. The highest BCUT2D eigenvalue weighted by Gasteiger charge is 2.29. The lowest BCUT2D eigenvalue weighted by molar-refractivity contribution is 0.193. The van der Waals surface area contributed by atoms with E-state index in [1.54, 1.807) is 6.07 Å². The lowest BCUT2D eigenvalue weighted by Gasteiger charge is -2.35. The maximum atomic E-state index is 13.1. The largest absolute Gasteiger partial charge is 0.324 e. The molecule has 1 aliphatic carbocycles. The molecule has 1 nitrogen and oxygen atoms in total. The predicted molar refractivity (Wildman–Crippen MR) is 74.0 cm³/mol. The highest BCUT2D eigenvalue weighted by atomic mass is 35.5. The van der Waals surface area contributed by atoms with Crippen molar-refractivity contribution < 1.29 is 4.39 Å². The predicted octanol–water partition coefficient (Wildman–Crippen LogP) is 4.55. The van der Waals surface area contributed by atoms with Crippen LogP contribution in [0.3, 0.4) is 0 Å². The standard InChI is InChI=1S/C15H21ClFN/c1-9-5-10(2)7-11(6-9)15(18)13-4-3-12(17)8-14(13)16/h3-4,8-11,15H,5-7,18H2,1-2H3. The first-order valence-electron chi connectivity index (χ1n) is 6.68. The van der Waals surface area contributed by atoms with Crippen molar-refractivity contribution >= 4 is 11.6 Å². The number of benzene rings is 1. The van der Waals surface area contributed by atoms with Gasteiger partial charge < -0.3 is 5.73 Å². The van der Waals surface area contributed by atoms with Crippen LogP contribution in [0.5, 0.6) is 0 Å². The number of rotatable bonds is 2. The van der Waals surface area contributed by atoms with Crippen LogP contribution >= 0.6 is 11.6 Å². The van der Waals surface area contributed by atoms with Gasteiger partial charge in [-0.25, -0.2) is 4.39 Å². The van der Waals surface area contributed by atoms with Crippen LogP contribution in [0.15, 0.2) is 18.2 Å². The number of hydrogen-bond donors (Lipinski definition) is 1. The molecule has 0 aromatic heterocycles. The van der Waals surface area contributed by atoms with Gasteiger partial charge in [-0.05, 0) is 54.7 Å². The zero-order valence-corrected chi connectivity index (χ0v) is 11.8. The van der Waals surface area contributed by atoms with Gasteiger partial charge in [-0.1, -0.05) is 31.5 Å². The number of hydrogen-bond acceptors (Lipinski definition) is 1. The molecule has 2 N–H and O–H groups in total. The van der Waals surface area contributed by atoms with Crippen molar-refractivity contribution in [2.45, 2.75) is 39.2 Å². The van der Waals surface area contributed by atoms with Gasteiger partial charge in [0.2, 0.25) is 0 Å². The summed E-state index contributed by atoms with van der Waals surface area (Å²) in [6, 6.07) is 4.44. The second kappa shape index (κ2) is 5.58. The van der Waals surface area contributed by atoms with Gasteiger partial charge in [-0.15, -0.1) is 0 Å². The molecule has 3 unspecified atom stereocenters. The Morgan fingerprint density at radius 2 is 1.83 bits per heavy atom. The number of nitrogens with two attached hydrogens (primary N) is 1. The summed E-state index contributed by atoms with van der Waals surface area (Å²) in [5, 5.41) is 0.452. The molecule has 0 aliphatic heterocycles. The van der Waals surface area contributed by atoms with Gasteiger partial charge in [0.15, 0.2) is 0 Å². The summed E-state index contributed by atoms with van der Waals surface area (Å²) in [6.07, 6.45) is 3.55. The lowest BCUT2D eigenvalue weighted by atomic mass is 9.72. The second-order valence-electron chi connectivity index (χ2n) is 5.87. The van der Waals surface area contributed by atoms with Crippen LogP contribution in [-0.2, 0) is 0 Å². The highest BCUT2D eigenvalue weighted by molar-refractivity contribution is 6.31. The van der Waals surface area contributed by atoms with Gasteiger partial charge in [0, 0.05) is 11.1 Å². The van der Waals surface area contributed by atoms with E-state index in [0.717, 1.165) is 18.4 Å². The molecule has 1 saturated carbocycles. The van der Waals surface area contributed by atoms with E-state index in [9.17, 15) is 4.39 Å². The minimum absolute atomic E-state index is 0.0803. The summed E-state index contributed by atoms with van der Waals surface area (Å²) >= 11 is 6.10. The van der Waals surface area contributed by atoms with E-state index in [0.29, 0.717) is 22.8 Å². The van der Waals surface area contributed by atoms with Crippen LogP contribution in [0.4, 0.5) is 4.39 Å². The fourth-order valence-corrected chi connectivity index (χ4v) is 3.62. The summed E-state index contributed by atoms with van der Waals surface area (Å²) in [6.45, 7) is 4.56. The van der Waals surface area contributed by atoms with E-state index < -0.39 is 0 Å². The summed E-state index contributed by atoms with van der Waals surface area (Å²) < 4.78 is 13.1. The molecular formula is C15H21ClFN. The molecule has 0 heterocycles. The minimum Gasteiger partial charge on any atom is -0.324 e. The Morgan fingerprint density at radius 1 is 1.22 bits per heavy atom. The van der Waals surface area contributed by atoms with Gasteiger partial charge in [-0.2, -0.15) is 0 Å². The Bertz CT molecular complexity index is 411. The maximum absolute atomic E-state index is 13.1. The first-order chi connectivity index (χ1) is 8.47. The molecule has 100 valence electrons. The minimum atomic E-state index is -0.304. The molecule has 3 heteroatoms. The zero-order chi connectivity index (χ0) is 13.3. The van der Waals surface area contributed by atoms with Crippen molar-refractivity contribution in [3.63, 3.8) is 0 Å². The summed E-state index contributed by atoms with van der Waals surface area (Å²) in [5.74, 6) is 1.57. The molecule has 0 spiro atoms. The molecule has 0 bridgehead atoms. The third-order valence-corrected chi connectivity index (χ3v) is 4.37. The zero-order valence-electron chi connectivity index (χ0n) is 11.0. The molecule has 1 aromatic rings. The first-order valence-corrected chi connectivity index (χ1v) is 7.05. The van der Waals surface area contributed by atoms with Gasteiger partial charge in [-0.3, -0.25) is 0 Å². The molecule has 18 heavy (non-hydrogen) atoms. The Morgan fingerprint density at radius 3 is 2.39 bits per heavy atom. The van der Waals surface area contributed by atoms with Crippen LogP contribution in [0.1, 0.15) is 44.7 Å². The van der Waals surface area contributed by atoms with E-state index in [1.807, 2.05) is 0 Å².